The van der Waals surface area contributed by atoms with Crippen molar-refractivity contribution >= 4 is 18.4 Å². The molecule has 1 N–H and O–H groups in total. The molecule has 0 aromatic carbocycles. The highest BCUT2D eigenvalue weighted by molar-refractivity contribution is 6.61. The number of aromatic nitrogens is 1. The Morgan fingerprint density at radius 2 is 1.71 bits per heavy atom. The van der Waals surface area contributed by atoms with Crippen LogP contribution in [0.15, 0.2) is 18.3 Å². The number of nitrogens with zero attached hydrogens (tertiary/aromatic N) is 1. The van der Waals surface area contributed by atoms with Gasteiger partial charge < -0.3 is 14.6 Å². The Labute approximate surface area is 103 Å². The lowest BCUT2D eigenvalue weighted by Crippen LogP contribution is -2.41. The molecule has 0 aliphatic carbocycles. The van der Waals surface area contributed by atoms with Crippen LogP contribution in [-0.4, -0.2) is 30.4 Å². The molecule has 1 saturated heterocycles. The molecule has 17 heavy (non-hydrogen) atoms. The molecular formula is C12H19BN2O2. The largest absolute Gasteiger partial charge is 0.514 e. The van der Waals surface area contributed by atoms with E-state index in [1.54, 1.807) is 6.20 Å². The van der Waals surface area contributed by atoms with E-state index in [0.717, 1.165) is 11.3 Å². The quantitative estimate of drug-likeness (QED) is 0.786. The third-order valence-electron chi connectivity index (χ3n) is 3.57. The lowest BCUT2D eigenvalue weighted by Gasteiger charge is -2.32. The minimum absolute atomic E-state index is 0.318. The van der Waals surface area contributed by atoms with E-state index in [9.17, 15) is 0 Å². The van der Waals surface area contributed by atoms with Gasteiger partial charge in [-0.3, -0.25) is 4.98 Å². The monoisotopic (exact) mass is 234 g/mol. The Hall–Kier alpha value is -1.07. The van der Waals surface area contributed by atoms with Gasteiger partial charge in [0.2, 0.25) is 0 Å². The van der Waals surface area contributed by atoms with Crippen LogP contribution >= 0.6 is 0 Å². The molecule has 1 aliphatic rings. The molecule has 0 bridgehead atoms. The van der Waals surface area contributed by atoms with Crippen molar-refractivity contribution in [3.05, 3.63) is 18.3 Å². The van der Waals surface area contributed by atoms with Crippen LogP contribution < -0.4 is 10.9 Å². The summed E-state index contributed by atoms with van der Waals surface area (Å²) in [6.45, 7) is 8.15. The zero-order valence-corrected chi connectivity index (χ0v) is 11.1. The normalized spacial score (nSPS) is 21.6. The van der Waals surface area contributed by atoms with E-state index in [2.05, 4.69) is 10.3 Å². The molecule has 5 heteroatoms. The van der Waals surface area contributed by atoms with Crippen molar-refractivity contribution < 1.29 is 9.31 Å². The van der Waals surface area contributed by atoms with E-state index in [0.29, 0.717) is 0 Å². The summed E-state index contributed by atoms with van der Waals surface area (Å²) in [5.74, 6) is 0. The Kier molecular flexibility index (Phi) is 2.91. The van der Waals surface area contributed by atoms with Gasteiger partial charge in [0.25, 0.3) is 0 Å². The molecule has 0 spiro atoms. The zero-order chi connectivity index (χ0) is 12.7. The van der Waals surface area contributed by atoms with Crippen LogP contribution in [0, 0.1) is 0 Å². The molecule has 0 amide bonds. The molecule has 2 rings (SSSR count). The van der Waals surface area contributed by atoms with Gasteiger partial charge in [-0.2, -0.15) is 0 Å². The van der Waals surface area contributed by atoms with Gasteiger partial charge in [0.1, 0.15) is 0 Å². The number of pyridine rings is 1. The molecule has 1 aliphatic heterocycles. The molecule has 0 radical (unpaired) electrons. The first-order chi connectivity index (χ1) is 7.86. The summed E-state index contributed by atoms with van der Waals surface area (Å²) in [4.78, 5) is 4.35. The highest BCUT2D eigenvalue weighted by atomic mass is 16.7. The van der Waals surface area contributed by atoms with Crippen LogP contribution in [0.1, 0.15) is 27.7 Å². The molecule has 4 nitrogen and oxygen atoms in total. The highest BCUT2D eigenvalue weighted by Crippen LogP contribution is 2.36. The van der Waals surface area contributed by atoms with Gasteiger partial charge >= 0.3 is 7.12 Å². The van der Waals surface area contributed by atoms with Crippen LogP contribution in [0.4, 0.5) is 5.69 Å². The van der Waals surface area contributed by atoms with Gasteiger partial charge in [0, 0.05) is 13.2 Å². The maximum Gasteiger partial charge on any atom is 0.514 e. The predicted octanol–water partition coefficient (Wildman–Crippen LogP) is 1.42. The fraction of sp³-hybridized carbons (Fsp3) is 0.583. The lowest BCUT2D eigenvalue weighted by molar-refractivity contribution is 0.00578. The molecule has 0 saturated carbocycles. The minimum atomic E-state index is -0.383. The van der Waals surface area contributed by atoms with Gasteiger partial charge in [0.15, 0.2) is 0 Å². The number of nitrogens with one attached hydrogen (secondary N) is 1. The molecular weight excluding hydrogens is 215 g/mol. The highest BCUT2D eigenvalue weighted by Gasteiger charge is 2.52. The van der Waals surface area contributed by atoms with E-state index in [1.807, 2.05) is 46.9 Å². The van der Waals surface area contributed by atoms with Gasteiger partial charge in [0.05, 0.1) is 22.5 Å². The van der Waals surface area contributed by atoms with Crippen LogP contribution in [0.5, 0.6) is 0 Å². The number of hydrogen-bond donors (Lipinski definition) is 1. The molecule has 0 atom stereocenters. The lowest BCUT2D eigenvalue weighted by atomic mass is 9.84. The van der Waals surface area contributed by atoms with Crippen LogP contribution in [0.2, 0.25) is 0 Å². The average molecular weight is 234 g/mol. The van der Waals surface area contributed by atoms with Gasteiger partial charge in [-0.25, -0.2) is 0 Å². The van der Waals surface area contributed by atoms with Gasteiger partial charge in [-0.15, -0.1) is 0 Å². The number of anilines is 1. The smallest absolute Gasteiger partial charge is 0.398 e. The SMILES string of the molecule is CNc1ccc(B2OC(C)(C)C(C)(C)O2)nc1. The zero-order valence-electron chi connectivity index (χ0n) is 11.1. The van der Waals surface area contributed by atoms with Crippen molar-refractivity contribution in [2.24, 2.45) is 0 Å². The van der Waals surface area contributed by atoms with E-state index in [-0.39, 0.29) is 18.3 Å². The van der Waals surface area contributed by atoms with E-state index in [4.69, 9.17) is 9.31 Å². The average Bonchev–Trinajstić information content (AvgIpc) is 2.48. The number of rotatable bonds is 2. The van der Waals surface area contributed by atoms with Gasteiger partial charge in [-0.1, -0.05) is 0 Å². The summed E-state index contributed by atoms with van der Waals surface area (Å²) in [5, 5.41) is 3.03. The molecule has 92 valence electrons. The Morgan fingerprint density at radius 3 is 2.12 bits per heavy atom. The van der Waals surface area contributed by atoms with Crippen LogP contribution in [0.3, 0.4) is 0 Å². The molecule has 0 unspecified atom stereocenters. The topological polar surface area (TPSA) is 43.4 Å². The maximum absolute atomic E-state index is 5.92. The van der Waals surface area contributed by atoms with Crippen molar-refractivity contribution in [3.63, 3.8) is 0 Å². The fourth-order valence-electron chi connectivity index (χ4n) is 1.66. The Bertz CT molecular complexity index is 387. The maximum atomic E-state index is 5.92. The van der Waals surface area contributed by atoms with Crippen molar-refractivity contribution in [1.29, 1.82) is 0 Å². The van der Waals surface area contributed by atoms with Crippen LogP contribution in [0.25, 0.3) is 0 Å². The second-order valence-corrected chi connectivity index (χ2v) is 5.31. The summed E-state index contributed by atoms with van der Waals surface area (Å²) in [6, 6.07) is 3.89. The summed E-state index contributed by atoms with van der Waals surface area (Å²) in [6.07, 6.45) is 1.78. The summed E-state index contributed by atoms with van der Waals surface area (Å²) < 4.78 is 11.8. The molecule has 1 aromatic rings. The standard InChI is InChI=1S/C12H19BN2O2/c1-11(2)12(3,4)17-13(16-11)10-7-6-9(14-5)8-15-10/h6-8,14H,1-5H3. The van der Waals surface area contributed by atoms with E-state index in [1.165, 1.54) is 0 Å². The van der Waals surface area contributed by atoms with Crippen molar-refractivity contribution in [1.82, 2.24) is 4.98 Å². The van der Waals surface area contributed by atoms with E-state index >= 15 is 0 Å². The first kappa shape index (κ1) is 12.4. The van der Waals surface area contributed by atoms with Gasteiger partial charge in [-0.05, 0) is 39.8 Å². The molecule has 1 aromatic heterocycles. The Balaban J connectivity index is 2.20. The first-order valence-corrected chi connectivity index (χ1v) is 5.85. The predicted molar refractivity (Wildman–Crippen MR) is 69.5 cm³/mol. The molecule has 2 heterocycles. The number of hydrogen-bond acceptors (Lipinski definition) is 4. The van der Waals surface area contributed by atoms with Crippen molar-refractivity contribution in [3.8, 4) is 0 Å². The summed E-state index contributed by atoms with van der Waals surface area (Å²) in [5.41, 5.74) is 1.15. The molecule has 1 fully saturated rings. The Morgan fingerprint density at radius 1 is 1.12 bits per heavy atom. The van der Waals surface area contributed by atoms with Crippen LogP contribution in [-0.2, 0) is 9.31 Å². The third-order valence-corrected chi connectivity index (χ3v) is 3.57. The van der Waals surface area contributed by atoms with Crippen molar-refractivity contribution in [2.45, 2.75) is 38.9 Å². The third kappa shape index (κ3) is 2.17. The second-order valence-electron chi connectivity index (χ2n) is 5.31. The summed E-state index contributed by atoms with van der Waals surface area (Å²) in [7, 11) is 1.48. The summed E-state index contributed by atoms with van der Waals surface area (Å²) >= 11 is 0. The van der Waals surface area contributed by atoms with E-state index < -0.39 is 0 Å². The van der Waals surface area contributed by atoms with Crippen molar-refractivity contribution in [2.75, 3.05) is 12.4 Å². The minimum Gasteiger partial charge on any atom is -0.398 e. The fourth-order valence-corrected chi connectivity index (χ4v) is 1.66. The second kappa shape index (κ2) is 4.00. The first-order valence-electron chi connectivity index (χ1n) is 5.85.